The lowest BCUT2D eigenvalue weighted by atomic mass is 10.1. The summed E-state index contributed by atoms with van der Waals surface area (Å²) in [4.78, 5) is 20.1. The quantitative estimate of drug-likeness (QED) is 0.719. The van der Waals surface area contributed by atoms with Crippen LogP contribution in [0.15, 0.2) is 21.4 Å². The molecular weight excluding hydrogens is 432 g/mol. The maximum absolute atomic E-state index is 12.5. The smallest absolute Gasteiger partial charge is 0.259 e. The zero-order valence-corrected chi connectivity index (χ0v) is 17.4. The fourth-order valence-electron chi connectivity index (χ4n) is 3.37. The molecule has 4 rings (SSSR count). The van der Waals surface area contributed by atoms with Crippen molar-refractivity contribution >= 4 is 38.6 Å². The molecule has 27 heavy (non-hydrogen) atoms. The number of nitrogens with one attached hydrogen (secondary N) is 1. The van der Waals surface area contributed by atoms with E-state index in [2.05, 4.69) is 25.9 Å². The summed E-state index contributed by atoms with van der Waals surface area (Å²) in [6, 6.07) is 3.69. The van der Waals surface area contributed by atoms with Crippen molar-refractivity contribution in [3.63, 3.8) is 0 Å². The number of hydrogen-bond donors (Lipinski definition) is 1. The highest BCUT2D eigenvalue weighted by molar-refractivity contribution is 9.10. The third-order valence-electron chi connectivity index (χ3n) is 4.92. The molecular formula is C19H23BrN2O4S. The van der Waals surface area contributed by atoms with Crippen LogP contribution in [0.2, 0.25) is 0 Å². The highest BCUT2D eigenvalue weighted by atomic mass is 79.9. The second kappa shape index (κ2) is 8.94. The predicted molar refractivity (Wildman–Crippen MR) is 110 cm³/mol. The second-order valence-electron chi connectivity index (χ2n) is 6.98. The molecule has 8 heteroatoms. The Balaban J connectivity index is 1.50. The van der Waals surface area contributed by atoms with Gasteiger partial charge in [0.25, 0.3) is 5.56 Å². The van der Waals surface area contributed by atoms with Gasteiger partial charge in [-0.2, -0.15) is 11.8 Å². The molecule has 2 saturated heterocycles. The van der Waals surface area contributed by atoms with Crippen molar-refractivity contribution < 1.29 is 14.2 Å². The molecule has 2 aromatic rings. The van der Waals surface area contributed by atoms with E-state index in [0.717, 1.165) is 51.4 Å². The Labute approximate surface area is 170 Å². The number of rotatable bonds is 6. The Morgan fingerprint density at radius 3 is 2.81 bits per heavy atom. The van der Waals surface area contributed by atoms with Gasteiger partial charge in [0.1, 0.15) is 11.6 Å². The predicted octanol–water partition coefficient (Wildman–Crippen LogP) is 3.51. The lowest BCUT2D eigenvalue weighted by Gasteiger charge is -2.21. The number of fused-ring (bicyclic) bond motifs is 1. The maximum atomic E-state index is 12.5. The molecule has 0 saturated carbocycles. The Bertz CT molecular complexity index is 847. The molecule has 1 aromatic carbocycles. The maximum Gasteiger partial charge on any atom is 0.259 e. The summed E-state index contributed by atoms with van der Waals surface area (Å²) in [6.07, 6.45) is 3.13. The Morgan fingerprint density at radius 1 is 1.22 bits per heavy atom. The molecule has 2 fully saturated rings. The third-order valence-corrected chi connectivity index (χ3v) is 6.93. The van der Waals surface area contributed by atoms with E-state index < -0.39 is 0 Å². The van der Waals surface area contributed by atoms with Gasteiger partial charge in [0.15, 0.2) is 0 Å². The van der Waals surface area contributed by atoms with E-state index >= 15 is 0 Å². The van der Waals surface area contributed by atoms with Crippen LogP contribution in [0.4, 0.5) is 0 Å². The first-order chi connectivity index (χ1) is 13.2. The first-order valence-corrected chi connectivity index (χ1v) is 11.2. The summed E-state index contributed by atoms with van der Waals surface area (Å²) in [6.45, 7) is 3.81. The molecule has 146 valence electrons. The van der Waals surface area contributed by atoms with Crippen molar-refractivity contribution in [1.82, 2.24) is 9.97 Å². The first-order valence-electron chi connectivity index (χ1n) is 9.31. The van der Waals surface area contributed by atoms with Crippen LogP contribution < -0.4 is 10.3 Å². The average Bonchev–Trinajstić information content (AvgIpc) is 3.19. The number of aromatic amines is 1. The van der Waals surface area contributed by atoms with Gasteiger partial charge in [-0.05, 0) is 41.3 Å². The van der Waals surface area contributed by atoms with Gasteiger partial charge in [0, 0.05) is 41.5 Å². The Morgan fingerprint density at radius 2 is 2.04 bits per heavy atom. The number of H-pyrrole nitrogens is 1. The molecule has 0 bridgehead atoms. The number of halogens is 1. The van der Waals surface area contributed by atoms with Gasteiger partial charge in [-0.3, -0.25) is 4.79 Å². The van der Waals surface area contributed by atoms with E-state index in [4.69, 9.17) is 14.2 Å². The lowest BCUT2D eigenvalue weighted by molar-refractivity contribution is 0.1000. The van der Waals surface area contributed by atoms with Crippen LogP contribution in [0.1, 0.15) is 25.1 Å². The van der Waals surface area contributed by atoms with E-state index in [1.165, 1.54) is 0 Å². The van der Waals surface area contributed by atoms with E-state index in [1.54, 1.807) is 0 Å². The molecule has 0 amide bonds. The molecule has 6 nitrogen and oxygen atoms in total. The minimum Gasteiger partial charge on any atom is -0.493 e. The number of nitrogens with zero attached hydrogens (tertiary/aromatic N) is 1. The van der Waals surface area contributed by atoms with Crippen LogP contribution >= 0.6 is 27.7 Å². The fourth-order valence-corrected chi connectivity index (χ4v) is 5.03. The monoisotopic (exact) mass is 454 g/mol. The van der Waals surface area contributed by atoms with Gasteiger partial charge in [-0.1, -0.05) is 0 Å². The summed E-state index contributed by atoms with van der Waals surface area (Å²) in [5.74, 6) is 2.55. The zero-order chi connectivity index (χ0) is 18.6. The number of benzene rings is 1. The molecule has 1 N–H and O–H groups in total. The molecule has 2 aliphatic rings. The largest absolute Gasteiger partial charge is 0.493 e. The topological polar surface area (TPSA) is 73.4 Å². The van der Waals surface area contributed by atoms with Crippen LogP contribution in [-0.4, -0.2) is 48.3 Å². The number of ether oxygens (including phenoxy) is 3. The summed E-state index contributed by atoms with van der Waals surface area (Å²) in [7, 11) is 0. The highest BCUT2D eigenvalue weighted by Crippen LogP contribution is 2.28. The molecule has 0 spiro atoms. The van der Waals surface area contributed by atoms with Gasteiger partial charge in [-0.25, -0.2) is 4.98 Å². The summed E-state index contributed by atoms with van der Waals surface area (Å²) in [5, 5.41) is 1.13. The summed E-state index contributed by atoms with van der Waals surface area (Å²) < 4.78 is 17.4. The van der Waals surface area contributed by atoms with Gasteiger partial charge in [0.2, 0.25) is 0 Å². The highest BCUT2D eigenvalue weighted by Gasteiger charge is 2.18. The van der Waals surface area contributed by atoms with Crippen LogP contribution in [0.25, 0.3) is 10.9 Å². The number of hydrogen-bond acceptors (Lipinski definition) is 6. The minimum atomic E-state index is -0.120. The van der Waals surface area contributed by atoms with Crippen LogP contribution in [0, 0.1) is 5.92 Å². The Kier molecular flexibility index (Phi) is 6.37. The van der Waals surface area contributed by atoms with Gasteiger partial charge in [-0.15, -0.1) is 0 Å². The molecule has 1 unspecified atom stereocenters. The Hall–Kier alpha value is -1.09. The third kappa shape index (κ3) is 4.85. The number of aromatic nitrogens is 2. The number of thioether (sulfide) groups is 1. The van der Waals surface area contributed by atoms with E-state index in [-0.39, 0.29) is 5.56 Å². The van der Waals surface area contributed by atoms with Crippen molar-refractivity contribution in [1.29, 1.82) is 0 Å². The molecule has 1 atom stereocenters. The lowest BCUT2D eigenvalue weighted by Crippen LogP contribution is -2.18. The standard InChI is InChI=1S/C19H23BrN2O4S/c20-15-7-13(26-10-12-1-4-25-9-12)8-16-18(15)19(23)22-17(21-16)11-27-14-2-5-24-6-3-14/h7-8,12,14H,1-6,9-11H2,(H,21,22,23). The molecule has 3 heterocycles. The van der Waals surface area contributed by atoms with Crippen molar-refractivity contribution in [3.05, 3.63) is 32.8 Å². The minimum absolute atomic E-state index is 0.120. The second-order valence-corrected chi connectivity index (χ2v) is 9.12. The van der Waals surface area contributed by atoms with Crippen molar-refractivity contribution in [2.75, 3.05) is 33.0 Å². The van der Waals surface area contributed by atoms with E-state index in [9.17, 15) is 4.79 Å². The van der Waals surface area contributed by atoms with Crippen LogP contribution in [0.5, 0.6) is 5.75 Å². The van der Waals surface area contributed by atoms with E-state index in [0.29, 0.717) is 44.7 Å². The van der Waals surface area contributed by atoms with Gasteiger partial charge >= 0.3 is 0 Å². The van der Waals surface area contributed by atoms with Crippen molar-refractivity contribution in [2.24, 2.45) is 5.92 Å². The molecule has 0 aliphatic carbocycles. The first kappa shape index (κ1) is 19.2. The van der Waals surface area contributed by atoms with Gasteiger partial charge < -0.3 is 19.2 Å². The SMILES string of the molecule is O=c1[nH]c(CSC2CCOCC2)nc2cc(OCC3CCOC3)cc(Br)c12. The molecule has 1 aromatic heterocycles. The van der Waals surface area contributed by atoms with Crippen LogP contribution in [-0.2, 0) is 15.2 Å². The molecule has 0 radical (unpaired) electrons. The van der Waals surface area contributed by atoms with Crippen LogP contribution in [0.3, 0.4) is 0 Å². The summed E-state index contributed by atoms with van der Waals surface area (Å²) in [5.41, 5.74) is 0.540. The van der Waals surface area contributed by atoms with Crippen molar-refractivity contribution in [2.45, 2.75) is 30.3 Å². The zero-order valence-electron chi connectivity index (χ0n) is 15.0. The fraction of sp³-hybridized carbons (Fsp3) is 0.579. The summed E-state index contributed by atoms with van der Waals surface area (Å²) >= 11 is 5.33. The van der Waals surface area contributed by atoms with E-state index in [1.807, 2.05) is 23.9 Å². The average molecular weight is 455 g/mol. The molecule has 2 aliphatic heterocycles. The van der Waals surface area contributed by atoms with Crippen molar-refractivity contribution in [3.8, 4) is 5.75 Å². The van der Waals surface area contributed by atoms with Gasteiger partial charge in [0.05, 0.1) is 29.9 Å². The normalized spacial score (nSPS) is 21.0.